The van der Waals surface area contributed by atoms with E-state index in [-0.39, 0.29) is 6.10 Å². The van der Waals surface area contributed by atoms with Crippen molar-refractivity contribution >= 4 is 23.4 Å². The summed E-state index contributed by atoms with van der Waals surface area (Å²) in [6.45, 7) is 3.42. The minimum Gasteiger partial charge on any atom is -0.345 e. The summed E-state index contributed by atoms with van der Waals surface area (Å²) in [7, 11) is 0. The highest BCUT2D eigenvalue weighted by Crippen LogP contribution is 2.33. The summed E-state index contributed by atoms with van der Waals surface area (Å²) in [5.74, 6) is 1.28. The number of imidazole rings is 1. The van der Waals surface area contributed by atoms with Crippen molar-refractivity contribution in [3.63, 3.8) is 0 Å². The number of rotatable bonds is 9. The maximum Gasteiger partial charge on any atom is 0.187 e. The molecule has 2 unspecified atom stereocenters. The van der Waals surface area contributed by atoms with Crippen LogP contribution in [0.1, 0.15) is 23.1 Å². The minimum absolute atomic E-state index is 0.0905. The second-order valence-electron chi connectivity index (χ2n) is 7.76. The van der Waals surface area contributed by atoms with Crippen molar-refractivity contribution in [3.8, 4) is 0 Å². The maximum absolute atomic E-state index is 6.52. The maximum atomic E-state index is 6.52. The summed E-state index contributed by atoms with van der Waals surface area (Å²) in [6.07, 6.45) is 7.30. The summed E-state index contributed by atoms with van der Waals surface area (Å²) in [5.41, 5.74) is 3.95. The van der Waals surface area contributed by atoms with E-state index in [1.54, 1.807) is 6.20 Å². The molecule has 158 valence electrons. The van der Waals surface area contributed by atoms with Gasteiger partial charge in [-0.2, -0.15) is 11.8 Å². The van der Waals surface area contributed by atoms with Crippen molar-refractivity contribution in [3.05, 3.63) is 89.0 Å². The highest BCUT2D eigenvalue weighted by molar-refractivity contribution is 7.98. The number of hydrogen-bond donors (Lipinski definition) is 0. The Morgan fingerprint density at radius 3 is 2.80 bits per heavy atom. The molecule has 2 aromatic carbocycles. The minimum atomic E-state index is -0.631. The van der Waals surface area contributed by atoms with Crippen LogP contribution in [-0.4, -0.2) is 33.8 Å². The zero-order valence-electron chi connectivity index (χ0n) is 17.2. The van der Waals surface area contributed by atoms with Gasteiger partial charge in [-0.15, -0.1) is 0 Å². The van der Waals surface area contributed by atoms with E-state index < -0.39 is 5.79 Å². The molecule has 1 fully saturated rings. The van der Waals surface area contributed by atoms with Gasteiger partial charge in [0.1, 0.15) is 0 Å². The first kappa shape index (κ1) is 21.4. The lowest BCUT2D eigenvalue weighted by Gasteiger charge is -2.28. The van der Waals surface area contributed by atoms with Gasteiger partial charge in [-0.3, -0.25) is 0 Å². The molecule has 3 aromatic rings. The summed E-state index contributed by atoms with van der Waals surface area (Å²) < 4.78 is 14.8. The predicted octanol–water partition coefficient (Wildman–Crippen LogP) is 5.52. The normalized spacial score (nSPS) is 21.2. The summed E-state index contributed by atoms with van der Waals surface area (Å²) in [6, 6.07) is 16.5. The largest absolute Gasteiger partial charge is 0.345 e. The molecule has 0 spiro atoms. The standard InChI is InChI=1S/C24H27ClN2O2S/c1-19-4-2-3-5-21(19)15-30-16-23-14-28-24(29-23,17-27-13-12-26-18-27)11-10-20-6-8-22(25)9-7-20/h2-9,12-13,18,23H,10-11,14-17H2,1H3. The molecule has 1 aliphatic heterocycles. The second-order valence-corrected chi connectivity index (χ2v) is 9.23. The Kier molecular flexibility index (Phi) is 7.16. The molecule has 1 saturated heterocycles. The molecular weight excluding hydrogens is 416 g/mol. The molecule has 0 bridgehead atoms. The van der Waals surface area contributed by atoms with Gasteiger partial charge in [0.2, 0.25) is 0 Å². The van der Waals surface area contributed by atoms with Gasteiger partial charge in [-0.05, 0) is 42.2 Å². The van der Waals surface area contributed by atoms with Crippen LogP contribution in [-0.2, 0) is 28.2 Å². The van der Waals surface area contributed by atoms with Crippen LogP contribution < -0.4 is 0 Å². The Hall–Kier alpha value is -1.79. The third kappa shape index (κ3) is 5.67. The molecule has 2 heterocycles. The topological polar surface area (TPSA) is 36.3 Å². The molecule has 2 atom stereocenters. The van der Waals surface area contributed by atoms with Gasteiger partial charge in [0.15, 0.2) is 5.79 Å². The van der Waals surface area contributed by atoms with Crippen LogP contribution >= 0.6 is 23.4 Å². The fourth-order valence-corrected chi connectivity index (χ4v) is 4.92. The van der Waals surface area contributed by atoms with Crippen molar-refractivity contribution in [2.75, 3.05) is 12.4 Å². The molecule has 6 heteroatoms. The monoisotopic (exact) mass is 442 g/mol. The number of hydrogen-bond acceptors (Lipinski definition) is 4. The van der Waals surface area contributed by atoms with Gasteiger partial charge >= 0.3 is 0 Å². The first-order chi connectivity index (χ1) is 14.6. The van der Waals surface area contributed by atoms with Crippen LogP contribution in [0.4, 0.5) is 0 Å². The second kappa shape index (κ2) is 10.0. The molecule has 1 aliphatic rings. The van der Waals surface area contributed by atoms with Gasteiger partial charge in [0.05, 0.1) is 25.6 Å². The predicted molar refractivity (Wildman–Crippen MR) is 123 cm³/mol. The molecular formula is C24H27ClN2O2S. The van der Waals surface area contributed by atoms with Crippen LogP contribution in [0.5, 0.6) is 0 Å². The zero-order chi connectivity index (χ0) is 20.8. The lowest BCUT2D eigenvalue weighted by atomic mass is 10.0. The van der Waals surface area contributed by atoms with Crippen LogP contribution in [0.3, 0.4) is 0 Å². The van der Waals surface area contributed by atoms with E-state index in [1.807, 2.05) is 41.0 Å². The van der Waals surface area contributed by atoms with Crippen molar-refractivity contribution in [2.45, 2.75) is 44.0 Å². The highest BCUT2D eigenvalue weighted by atomic mass is 35.5. The Morgan fingerprint density at radius 2 is 2.03 bits per heavy atom. The zero-order valence-corrected chi connectivity index (χ0v) is 18.7. The van der Waals surface area contributed by atoms with E-state index in [9.17, 15) is 0 Å². The third-order valence-electron chi connectivity index (χ3n) is 5.43. The van der Waals surface area contributed by atoms with Crippen molar-refractivity contribution in [1.82, 2.24) is 9.55 Å². The smallest absolute Gasteiger partial charge is 0.187 e. The molecule has 0 aliphatic carbocycles. The molecule has 0 saturated carbocycles. The van der Waals surface area contributed by atoms with Crippen molar-refractivity contribution in [2.24, 2.45) is 0 Å². The van der Waals surface area contributed by atoms with Crippen LogP contribution in [0, 0.1) is 6.92 Å². The Morgan fingerprint density at radius 1 is 1.20 bits per heavy atom. The molecule has 1 aromatic heterocycles. The van der Waals surface area contributed by atoms with E-state index in [1.165, 1.54) is 16.7 Å². The SMILES string of the molecule is Cc1ccccc1CSCC1COC(CCc2ccc(Cl)cc2)(Cn2ccnc2)O1. The van der Waals surface area contributed by atoms with Crippen molar-refractivity contribution < 1.29 is 9.47 Å². The number of ether oxygens (including phenoxy) is 2. The van der Waals surface area contributed by atoms with E-state index in [0.717, 1.165) is 29.4 Å². The number of benzene rings is 2. The molecule has 0 amide bonds. The fourth-order valence-electron chi connectivity index (χ4n) is 3.71. The fraction of sp³-hybridized carbons (Fsp3) is 0.375. The molecule has 4 rings (SSSR count). The number of aryl methyl sites for hydroxylation is 2. The highest BCUT2D eigenvalue weighted by Gasteiger charge is 2.41. The first-order valence-corrected chi connectivity index (χ1v) is 11.8. The number of thioether (sulfide) groups is 1. The average molecular weight is 443 g/mol. The van der Waals surface area contributed by atoms with Gasteiger partial charge in [-0.1, -0.05) is 48.0 Å². The van der Waals surface area contributed by atoms with Gasteiger partial charge < -0.3 is 14.0 Å². The molecule has 0 N–H and O–H groups in total. The van der Waals surface area contributed by atoms with Crippen LogP contribution in [0.25, 0.3) is 0 Å². The van der Waals surface area contributed by atoms with Crippen LogP contribution in [0.15, 0.2) is 67.3 Å². The lowest BCUT2D eigenvalue weighted by molar-refractivity contribution is -0.180. The van der Waals surface area contributed by atoms with Crippen LogP contribution in [0.2, 0.25) is 5.02 Å². The van der Waals surface area contributed by atoms with E-state index >= 15 is 0 Å². The summed E-state index contributed by atoms with van der Waals surface area (Å²) in [5, 5.41) is 0.756. The Labute approximate surface area is 187 Å². The molecule has 30 heavy (non-hydrogen) atoms. The number of aromatic nitrogens is 2. The van der Waals surface area contributed by atoms with E-state index in [4.69, 9.17) is 21.1 Å². The molecule has 4 nitrogen and oxygen atoms in total. The van der Waals surface area contributed by atoms with E-state index in [0.29, 0.717) is 13.2 Å². The summed E-state index contributed by atoms with van der Waals surface area (Å²) in [4.78, 5) is 4.17. The number of halogens is 1. The van der Waals surface area contributed by atoms with Gasteiger partial charge in [0, 0.05) is 35.3 Å². The Balaban J connectivity index is 1.36. The first-order valence-electron chi connectivity index (χ1n) is 10.3. The number of nitrogens with zero attached hydrogens (tertiary/aromatic N) is 2. The lowest BCUT2D eigenvalue weighted by Crippen LogP contribution is -2.37. The quantitative estimate of drug-likeness (QED) is 0.437. The van der Waals surface area contributed by atoms with Gasteiger partial charge in [0.25, 0.3) is 0 Å². The molecule has 0 radical (unpaired) electrons. The van der Waals surface area contributed by atoms with Gasteiger partial charge in [-0.25, -0.2) is 4.98 Å². The van der Waals surface area contributed by atoms with Crippen molar-refractivity contribution in [1.29, 1.82) is 0 Å². The average Bonchev–Trinajstić information content (AvgIpc) is 3.40. The summed E-state index contributed by atoms with van der Waals surface area (Å²) >= 11 is 7.92. The third-order valence-corrected chi connectivity index (χ3v) is 6.80. The Bertz CT molecular complexity index is 933. The van der Waals surface area contributed by atoms with E-state index in [2.05, 4.69) is 48.3 Å².